The number of amides is 1. The Morgan fingerprint density at radius 2 is 2.14 bits per heavy atom. The second-order valence-corrected chi connectivity index (χ2v) is 2.53. The second-order valence-electron chi connectivity index (χ2n) is 2.53. The van der Waals surface area contributed by atoms with Crippen LogP contribution in [-0.4, -0.2) is 22.7 Å². The van der Waals surface area contributed by atoms with Crippen LogP contribution in [0.2, 0.25) is 0 Å². The quantitative estimate of drug-likeness (QED) is 0.578. The maximum absolute atomic E-state index is 11.8. The van der Waals surface area contributed by atoms with E-state index in [1.165, 1.54) is 0 Å². The molecule has 2 N–H and O–H groups in total. The first kappa shape index (κ1) is 14.2. The summed E-state index contributed by atoms with van der Waals surface area (Å²) < 4.78 is 36.2. The Kier molecular flexibility index (Phi) is 5.37. The third-order valence-electron chi connectivity index (χ3n) is 1.31. The molecule has 1 rings (SSSR count). The molecule has 0 aromatic carbocycles. The summed E-state index contributed by atoms with van der Waals surface area (Å²) in [5.74, 6) is -0.791. The molecule has 0 aliphatic rings. The minimum atomic E-state index is -4.94. The fraction of sp³-hybridized carbons (Fsp3) is 0.200. The van der Waals surface area contributed by atoms with Crippen LogP contribution in [0.25, 0.3) is 0 Å². The molecule has 14 heavy (non-hydrogen) atoms. The van der Waals surface area contributed by atoms with E-state index in [4.69, 9.17) is 5.73 Å². The minimum absolute atomic E-state index is 0. The van der Waals surface area contributed by atoms with Crippen LogP contribution in [0.4, 0.5) is 12.9 Å². The number of rotatable bonds is 3. The first-order valence-corrected chi connectivity index (χ1v) is 3.42. The van der Waals surface area contributed by atoms with Crippen LogP contribution in [-0.2, 0) is 6.44 Å². The number of hydrogen-bond donors (Lipinski definition) is 1. The van der Waals surface area contributed by atoms with Gasteiger partial charge in [0.15, 0.2) is 0 Å². The van der Waals surface area contributed by atoms with E-state index in [-0.39, 0.29) is 56.9 Å². The van der Waals surface area contributed by atoms with Crippen molar-refractivity contribution in [3.63, 3.8) is 0 Å². The fourth-order valence-corrected chi connectivity index (χ4v) is 0.803. The normalized spacial score (nSPS) is 10.8. The predicted molar refractivity (Wildman–Crippen MR) is 39.8 cm³/mol. The molecule has 4 nitrogen and oxygen atoms in total. The third kappa shape index (κ3) is 4.60. The molecule has 9 heteroatoms. The molecule has 0 bridgehead atoms. The van der Waals surface area contributed by atoms with E-state index in [0.717, 1.165) is 12.4 Å². The summed E-state index contributed by atoms with van der Waals surface area (Å²) in [7, 11) is 0. The SMILES string of the molecule is NC(=O)c1cnn(C[B-](F)(F)F)c1.[K+]. The molecular weight excluding hydrogens is 225 g/mol. The summed E-state index contributed by atoms with van der Waals surface area (Å²) in [6.07, 6.45) is 0.814. The largest absolute Gasteiger partial charge is 1.00 e. The van der Waals surface area contributed by atoms with Crippen molar-refractivity contribution in [1.82, 2.24) is 9.78 Å². The summed E-state index contributed by atoms with van der Waals surface area (Å²) in [6.45, 7) is -4.94. The topological polar surface area (TPSA) is 60.9 Å². The van der Waals surface area contributed by atoms with Gasteiger partial charge in [0.05, 0.1) is 11.8 Å². The standard InChI is InChI=1S/C5H6BF3N3O.K/c7-6(8,9)3-12-2-4(1-11-12)5(10)13;/h1-2H,3H2,(H2,10,13);/q-1;+1. The van der Waals surface area contributed by atoms with Crippen molar-refractivity contribution < 1.29 is 69.1 Å². The fourth-order valence-electron chi connectivity index (χ4n) is 0.803. The molecule has 0 aliphatic carbocycles. The Balaban J connectivity index is 0.00000169. The van der Waals surface area contributed by atoms with Crippen molar-refractivity contribution in [2.75, 3.05) is 0 Å². The van der Waals surface area contributed by atoms with Crippen molar-refractivity contribution >= 4 is 12.9 Å². The van der Waals surface area contributed by atoms with Crippen molar-refractivity contribution in [2.45, 2.75) is 6.44 Å². The molecule has 72 valence electrons. The van der Waals surface area contributed by atoms with Crippen LogP contribution in [0.1, 0.15) is 10.4 Å². The van der Waals surface area contributed by atoms with Gasteiger partial charge in [0.25, 0.3) is 5.91 Å². The summed E-state index contributed by atoms with van der Waals surface area (Å²) >= 11 is 0. The number of nitrogens with zero attached hydrogens (tertiary/aromatic N) is 2. The van der Waals surface area contributed by atoms with Gasteiger partial charge >= 0.3 is 58.4 Å². The number of aromatic nitrogens is 2. The van der Waals surface area contributed by atoms with Gasteiger partial charge in [-0.1, -0.05) is 0 Å². The van der Waals surface area contributed by atoms with E-state index in [1.54, 1.807) is 0 Å². The molecule has 0 saturated carbocycles. The van der Waals surface area contributed by atoms with E-state index in [0.29, 0.717) is 4.68 Å². The summed E-state index contributed by atoms with van der Waals surface area (Å²) in [5.41, 5.74) is 4.79. The van der Waals surface area contributed by atoms with Crippen LogP contribution in [0, 0.1) is 0 Å². The van der Waals surface area contributed by atoms with Gasteiger partial charge in [-0.3, -0.25) is 9.48 Å². The van der Waals surface area contributed by atoms with E-state index >= 15 is 0 Å². The van der Waals surface area contributed by atoms with Crippen LogP contribution >= 0.6 is 0 Å². The average Bonchev–Trinajstić information content (AvgIpc) is 2.31. The van der Waals surface area contributed by atoms with Gasteiger partial charge in [-0.2, -0.15) is 5.10 Å². The van der Waals surface area contributed by atoms with Crippen LogP contribution in [0.15, 0.2) is 12.4 Å². The van der Waals surface area contributed by atoms with Gasteiger partial charge < -0.3 is 18.7 Å². The van der Waals surface area contributed by atoms with Crippen LogP contribution in [0.3, 0.4) is 0 Å². The number of carbonyl (C=O) groups excluding carboxylic acids is 1. The first-order chi connectivity index (χ1) is 5.88. The molecule has 0 spiro atoms. The molecule has 1 heterocycles. The maximum atomic E-state index is 11.8. The van der Waals surface area contributed by atoms with Crippen molar-refractivity contribution in [1.29, 1.82) is 0 Å². The number of nitrogens with two attached hydrogens (primary N) is 1. The van der Waals surface area contributed by atoms with E-state index in [9.17, 15) is 17.7 Å². The summed E-state index contributed by atoms with van der Waals surface area (Å²) in [6, 6.07) is 0. The molecule has 0 atom stereocenters. The van der Waals surface area contributed by atoms with Gasteiger partial charge in [0, 0.05) is 12.6 Å². The van der Waals surface area contributed by atoms with Gasteiger partial charge in [-0.15, -0.1) is 0 Å². The smallest absolute Gasteiger partial charge is 0.448 e. The monoisotopic (exact) mass is 231 g/mol. The summed E-state index contributed by atoms with van der Waals surface area (Å²) in [5, 5.41) is 3.33. The molecule has 0 aliphatic heterocycles. The zero-order valence-corrected chi connectivity index (χ0v) is 10.6. The first-order valence-electron chi connectivity index (χ1n) is 3.42. The third-order valence-corrected chi connectivity index (χ3v) is 1.31. The van der Waals surface area contributed by atoms with Gasteiger partial charge in [-0.05, 0) is 0 Å². The Morgan fingerprint density at radius 1 is 1.57 bits per heavy atom. The Hall–Kier alpha value is 0.171. The number of carbonyl (C=O) groups is 1. The zero-order valence-electron chi connectivity index (χ0n) is 7.45. The number of primary amides is 1. The molecule has 0 radical (unpaired) electrons. The van der Waals surface area contributed by atoms with Gasteiger partial charge in [0.1, 0.15) is 0 Å². The van der Waals surface area contributed by atoms with E-state index < -0.39 is 19.3 Å². The van der Waals surface area contributed by atoms with Gasteiger partial charge in [0.2, 0.25) is 0 Å². The van der Waals surface area contributed by atoms with Crippen LogP contribution in [0.5, 0.6) is 0 Å². The zero-order chi connectivity index (χ0) is 10.1. The Morgan fingerprint density at radius 3 is 2.50 bits per heavy atom. The molecule has 0 saturated heterocycles. The molecule has 1 aromatic rings. The second kappa shape index (κ2) is 5.31. The van der Waals surface area contributed by atoms with Crippen molar-refractivity contribution in [3.8, 4) is 0 Å². The number of hydrogen-bond acceptors (Lipinski definition) is 2. The maximum Gasteiger partial charge on any atom is 1.00 e. The molecular formula is C5H6BF3KN3O. The minimum Gasteiger partial charge on any atom is -0.448 e. The Labute approximate surface area is 120 Å². The number of halogens is 3. The summed E-state index contributed by atoms with van der Waals surface area (Å²) in [4.78, 5) is 10.5. The van der Waals surface area contributed by atoms with Crippen LogP contribution < -0.4 is 57.1 Å². The van der Waals surface area contributed by atoms with Gasteiger partial charge in [-0.25, -0.2) is 0 Å². The average molecular weight is 231 g/mol. The molecule has 0 fully saturated rings. The van der Waals surface area contributed by atoms with E-state index in [2.05, 4.69) is 5.10 Å². The van der Waals surface area contributed by atoms with Crippen molar-refractivity contribution in [2.24, 2.45) is 5.73 Å². The van der Waals surface area contributed by atoms with Crippen molar-refractivity contribution in [3.05, 3.63) is 18.0 Å². The predicted octanol–water partition coefficient (Wildman–Crippen LogP) is -2.63. The Bertz CT molecular complexity index is 326. The molecule has 1 aromatic heterocycles. The molecule has 1 amide bonds. The van der Waals surface area contributed by atoms with E-state index in [1.807, 2.05) is 0 Å². The molecule has 0 unspecified atom stereocenters.